The summed E-state index contributed by atoms with van der Waals surface area (Å²) in [6.07, 6.45) is 2.24. The van der Waals surface area contributed by atoms with Crippen molar-refractivity contribution in [2.24, 2.45) is 10.9 Å². The highest BCUT2D eigenvalue weighted by molar-refractivity contribution is 14.0. The lowest BCUT2D eigenvalue weighted by atomic mass is 10.0. The standard InChI is InChI=1S/C20H34N4O3.HI/c1-14(2)13-24-8-6-16(7-9-24)23-20(21-3)22-12-15-10-17(26-4)19(25)18(11-15)27-5;/h10-11,14,16,25H,6-9,12-13H2,1-5H3,(H2,21,22,23);1H. The van der Waals surface area contributed by atoms with Crippen LogP contribution in [0.5, 0.6) is 17.2 Å². The van der Waals surface area contributed by atoms with Crippen molar-refractivity contribution in [1.82, 2.24) is 15.5 Å². The van der Waals surface area contributed by atoms with E-state index >= 15 is 0 Å². The number of benzene rings is 1. The monoisotopic (exact) mass is 506 g/mol. The van der Waals surface area contributed by atoms with Crippen molar-refractivity contribution in [2.45, 2.75) is 39.3 Å². The van der Waals surface area contributed by atoms with Crippen LogP contribution in [0.2, 0.25) is 0 Å². The van der Waals surface area contributed by atoms with E-state index in [9.17, 15) is 5.11 Å². The zero-order chi connectivity index (χ0) is 19.8. The molecule has 1 aliphatic heterocycles. The summed E-state index contributed by atoms with van der Waals surface area (Å²) >= 11 is 0. The second kappa shape index (κ2) is 12.2. The molecule has 1 aromatic rings. The SMILES string of the molecule is CN=C(NCc1cc(OC)c(O)c(OC)c1)NC1CCN(CC(C)C)CC1.I. The number of methoxy groups -OCH3 is 2. The van der Waals surface area contributed by atoms with Gasteiger partial charge in [-0.05, 0) is 36.5 Å². The molecule has 0 radical (unpaired) electrons. The van der Waals surface area contributed by atoms with E-state index < -0.39 is 0 Å². The van der Waals surface area contributed by atoms with Crippen LogP contribution in [0.25, 0.3) is 0 Å². The number of rotatable bonds is 7. The summed E-state index contributed by atoms with van der Waals surface area (Å²) in [6.45, 7) is 8.51. The summed E-state index contributed by atoms with van der Waals surface area (Å²) in [6, 6.07) is 4.02. The Morgan fingerprint density at radius 3 is 2.25 bits per heavy atom. The Morgan fingerprint density at radius 1 is 1.21 bits per heavy atom. The molecule has 1 aromatic carbocycles. The number of ether oxygens (including phenoxy) is 2. The molecule has 8 heteroatoms. The molecule has 2 rings (SSSR count). The van der Waals surface area contributed by atoms with Crippen molar-refractivity contribution in [3.63, 3.8) is 0 Å². The summed E-state index contributed by atoms with van der Waals surface area (Å²) in [7, 11) is 4.83. The normalized spacial score (nSPS) is 15.9. The van der Waals surface area contributed by atoms with E-state index in [2.05, 4.69) is 34.4 Å². The highest BCUT2D eigenvalue weighted by Crippen LogP contribution is 2.36. The van der Waals surface area contributed by atoms with Gasteiger partial charge in [-0.15, -0.1) is 24.0 Å². The van der Waals surface area contributed by atoms with Gasteiger partial charge in [0.15, 0.2) is 17.5 Å². The molecule has 1 aliphatic rings. The number of halogens is 1. The lowest BCUT2D eigenvalue weighted by Gasteiger charge is -2.34. The number of hydrogen-bond acceptors (Lipinski definition) is 5. The smallest absolute Gasteiger partial charge is 0.200 e. The van der Waals surface area contributed by atoms with E-state index in [0.29, 0.717) is 30.0 Å². The van der Waals surface area contributed by atoms with E-state index in [0.717, 1.165) is 37.5 Å². The zero-order valence-electron chi connectivity index (χ0n) is 17.6. The third-order valence-corrected chi connectivity index (χ3v) is 4.77. The summed E-state index contributed by atoms with van der Waals surface area (Å²) in [5.74, 6) is 2.30. The van der Waals surface area contributed by atoms with Crippen molar-refractivity contribution in [3.05, 3.63) is 17.7 Å². The molecular formula is C20H35IN4O3. The second-order valence-electron chi connectivity index (χ2n) is 7.39. The molecule has 28 heavy (non-hydrogen) atoms. The minimum atomic E-state index is 0. The number of hydrogen-bond donors (Lipinski definition) is 3. The van der Waals surface area contributed by atoms with Crippen molar-refractivity contribution in [3.8, 4) is 17.2 Å². The maximum absolute atomic E-state index is 10.0. The minimum absolute atomic E-state index is 0. The Labute approximate surface area is 185 Å². The molecule has 0 saturated carbocycles. The Bertz CT molecular complexity index is 607. The fourth-order valence-corrected chi connectivity index (χ4v) is 3.40. The summed E-state index contributed by atoms with van der Waals surface area (Å²) in [5.41, 5.74) is 0.941. The van der Waals surface area contributed by atoms with E-state index in [1.54, 1.807) is 19.2 Å². The molecule has 0 unspecified atom stereocenters. The first-order valence-electron chi connectivity index (χ1n) is 9.60. The first kappa shape index (κ1) is 24.6. The zero-order valence-corrected chi connectivity index (χ0v) is 19.9. The summed E-state index contributed by atoms with van der Waals surface area (Å²) in [4.78, 5) is 6.87. The maximum Gasteiger partial charge on any atom is 0.200 e. The molecule has 1 fully saturated rings. The van der Waals surface area contributed by atoms with Crippen molar-refractivity contribution >= 4 is 29.9 Å². The quantitative estimate of drug-likeness (QED) is 0.300. The van der Waals surface area contributed by atoms with Gasteiger partial charge in [-0.1, -0.05) is 13.8 Å². The molecular weight excluding hydrogens is 471 g/mol. The highest BCUT2D eigenvalue weighted by Gasteiger charge is 2.20. The van der Waals surface area contributed by atoms with E-state index in [1.807, 2.05) is 0 Å². The molecule has 0 spiro atoms. The van der Waals surface area contributed by atoms with Gasteiger partial charge in [-0.3, -0.25) is 4.99 Å². The fourth-order valence-electron chi connectivity index (χ4n) is 3.40. The molecule has 0 aromatic heterocycles. The predicted molar refractivity (Wildman–Crippen MR) is 124 cm³/mol. The number of piperidine rings is 1. The second-order valence-corrected chi connectivity index (χ2v) is 7.39. The lowest BCUT2D eigenvalue weighted by molar-refractivity contribution is 0.187. The Morgan fingerprint density at radius 2 is 1.79 bits per heavy atom. The van der Waals surface area contributed by atoms with Gasteiger partial charge in [0.2, 0.25) is 5.75 Å². The van der Waals surface area contributed by atoms with Crippen LogP contribution in [0, 0.1) is 5.92 Å². The van der Waals surface area contributed by atoms with Gasteiger partial charge in [0.05, 0.1) is 14.2 Å². The maximum atomic E-state index is 10.0. The number of nitrogens with one attached hydrogen (secondary N) is 2. The summed E-state index contributed by atoms with van der Waals surface area (Å²) in [5, 5.41) is 16.9. The average Bonchev–Trinajstić information content (AvgIpc) is 2.66. The number of guanidine groups is 1. The largest absolute Gasteiger partial charge is 0.502 e. The van der Waals surface area contributed by atoms with Gasteiger partial charge in [-0.25, -0.2) is 0 Å². The Kier molecular flexibility index (Phi) is 10.7. The van der Waals surface area contributed by atoms with Crippen LogP contribution in [0.15, 0.2) is 17.1 Å². The molecule has 1 heterocycles. The van der Waals surface area contributed by atoms with Crippen LogP contribution < -0.4 is 20.1 Å². The molecule has 0 amide bonds. The van der Waals surface area contributed by atoms with Gasteiger partial charge in [0.25, 0.3) is 0 Å². The third-order valence-electron chi connectivity index (χ3n) is 4.77. The van der Waals surface area contributed by atoms with E-state index in [4.69, 9.17) is 9.47 Å². The molecule has 0 aliphatic carbocycles. The molecule has 0 bridgehead atoms. The molecule has 3 N–H and O–H groups in total. The number of phenols is 1. The van der Waals surface area contributed by atoms with Crippen molar-refractivity contribution < 1.29 is 14.6 Å². The number of likely N-dealkylation sites (tertiary alicyclic amines) is 1. The molecule has 1 saturated heterocycles. The van der Waals surface area contributed by atoms with Crippen LogP contribution in [0.3, 0.4) is 0 Å². The van der Waals surface area contributed by atoms with Gasteiger partial charge in [0, 0.05) is 39.3 Å². The first-order chi connectivity index (χ1) is 13.0. The summed E-state index contributed by atoms with van der Waals surface area (Å²) < 4.78 is 10.4. The lowest BCUT2D eigenvalue weighted by Crippen LogP contribution is -2.48. The van der Waals surface area contributed by atoms with Gasteiger partial charge in [0.1, 0.15) is 0 Å². The fraction of sp³-hybridized carbons (Fsp3) is 0.650. The number of aromatic hydroxyl groups is 1. The predicted octanol–water partition coefficient (Wildman–Crippen LogP) is 2.81. The average molecular weight is 506 g/mol. The van der Waals surface area contributed by atoms with Crippen LogP contribution in [-0.2, 0) is 6.54 Å². The topological polar surface area (TPSA) is 78.4 Å². The van der Waals surface area contributed by atoms with E-state index in [-0.39, 0.29) is 29.7 Å². The van der Waals surface area contributed by atoms with E-state index in [1.165, 1.54) is 20.8 Å². The minimum Gasteiger partial charge on any atom is -0.502 e. The van der Waals surface area contributed by atoms with Crippen LogP contribution >= 0.6 is 24.0 Å². The van der Waals surface area contributed by atoms with Crippen molar-refractivity contribution in [1.29, 1.82) is 0 Å². The molecule has 7 nitrogen and oxygen atoms in total. The molecule has 160 valence electrons. The van der Waals surface area contributed by atoms with Gasteiger partial charge < -0.3 is 30.1 Å². The molecule has 0 atom stereocenters. The van der Waals surface area contributed by atoms with Gasteiger partial charge >= 0.3 is 0 Å². The first-order valence-corrected chi connectivity index (χ1v) is 9.60. The van der Waals surface area contributed by atoms with Crippen LogP contribution in [0.4, 0.5) is 0 Å². The number of phenolic OH excluding ortho intramolecular Hbond substituents is 1. The van der Waals surface area contributed by atoms with Gasteiger partial charge in [-0.2, -0.15) is 0 Å². The Balaban J connectivity index is 0.00000392. The number of nitrogens with zero attached hydrogens (tertiary/aromatic N) is 2. The van der Waals surface area contributed by atoms with Crippen LogP contribution in [0.1, 0.15) is 32.3 Å². The number of aliphatic imine (C=N–C) groups is 1. The Hall–Kier alpha value is -1.42. The highest BCUT2D eigenvalue weighted by atomic mass is 127. The van der Waals surface area contributed by atoms with Crippen molar-refractivity contribution in [2.75, 3.05) is 40.9 Å². The third kappa shape index (κ3) is 7.20. The van der Waals surface area contributed by atoms with Crippen LogP contribution in [-0.4, -0.2) is 62.9 Å².